The summed E-state index contributed by atoms with van der Waals surface area (Å²) >= 11 is 0. The smallest absolute Gasteiger partial charge is 0.0544 e. The number of fused-ring (bicyclic) bond motifs is 2. The van der Waals surface area contributed by atoms with Crippen LogP contribution in [0, 0.1) is 0 Å². The van der Waals surface area contributed by atoms with Gasteiger partial charge >= 0.3 is 0 Å². The normalized spacial score (nSPS) is 12.8. The molecule has 3 aromatic rings. The van der Waals surface area contributed by atoms with Crippen LogP contribution in [0.5, 0.6) is 0 Å². The van der Waals surface area contributed by atoms with E-state index in [0.717, 1.165) is 34.3 Å². The predicted octanol–water partition coefficient (Wildman–Crippen LogP) is 4.90. The highest BCUT2D eigenvalue weighted by Crippen LogP contribution is 2.31. The van der Waals surface area contributed by atoms with E-state index in [9.17, 15) is 4.21 Å². The number of hydrogen-bond donors (Lipinski definition) is 0. The molecule has 0 aliphatic rings. The molecule has 102 valence electrons. The van der Waals surface area contributed by atoms with Crippen LogP contribution in [0.15, 0.2) is 59.5 Å². The van der Waals surface area contributed by atoms with Crippen molar-refractivity contribution in [3.05, 3.63) is 54.6 Å². The lowest BCUT2D eigenvalue weighted by Gasteiger charge is -2.11. The molecule has 2 heteroatoms. The molecule has 0 spiro atoms. The maximum atomic E-state index is 12.7. The molecule has 0 saturated carbocycles. The van der Waals surface area contributed by atoms with Crippen molar-refractivity contribution in [1.29, 1.82) is 0 Å². The van der Waals surface area contributed by atoms with E-state index in [-0.39, 0.29) is 0 Å². The second kappa shape index (κ2) is 5.76. The molecular weight excluding hydrogens is 264 g/mol. The molecule has 0 saturated heterocycles. The molecule has 0 fully saturated rings. The van der Waals surface area contributed by atoms with Crippen molar-refractivity contribution >= 4 is 32.3 Å². The van der Waals surface area contributed by atoms with Gasteiger partial charge in [-0.2, -0.15) is 0 Å². The maximum Gasteiger partial charge on any atom is 0.0544 e. The fourth-order valence-corrected chi connectivity index (χ4v) is 4.21. The average molecular weight is 282 g/mol. The van der Waals surface area contributed by atoms with Gasteiger partial charge in [0.15, 0.2) is 0 Å². The van der Waals surface area contributed by atoms with Crippen molar-refractivity contribution < 1.29 is 4.21 Å². The Hall–Kier alpha value is -1.67. The van der Waals surface area contributed by atoms with Gasteiger partial charge in [-0.1, -0.05) is 61.9 Å². The van der Waals surface area contributed by atoms with Gasteiger partial charge in [0, 0.05) is 5.75 Å². The number of rotatable bonds is 4. The first kappa shape index (κ1) is 13.3. The van der Waals surface area contributed by atoms with E-state index >= 15 is 0 Å². The van der Waals surface area contributed by atoms with Gasteiger partial charge in [0.1, 0.15) is 0 Å². The zero-order valence-electron chi connectivity index (χ0n) is 11.6. The zero-order chi connectivity index (χ0) is 13.9. The molecule has 0 amide bonds. The summed E-state index contributed by atoms with van der Waals surface area (Å²) < 4.78 is 12.7. The molecule has 0 N–H and O–H groups in total. The third-order valence-electron chi connectivity index (χ3n) is 3.63. The summed E-state index contributed by atoms with van der Waals surface area (Å²) in [5, 5.41) is 4.60. The van der Waals surface area contributed by atoms with E-state index in [4.69, 9.17) is 0 Å². The molecule has 0 bridgehead atoms. The Morgan fingerprint density at radius 3 is 2.00 bits per heavy atom. The lowest BCUT2D eigenvalue weighted by molar-refractivity contribution is 0.680. The molecule has 0 heterocycles. The Balaban J connectivity index is 2.30. The molecule has 0 aromatic heterocycles. The fourth-order valence-electron chi connectivity index (χ4n) is 2.59. The standard InChI is InChI=1S/C18H18OS/c1-2-3-12-20(19)18-16-10-6-4-8-14(16)13-15-9-5-7-11-17(15)18/h4-11,13H,2-3,12H2,1H3. The Bertz CT molecular complexity index is 723. The van der Waals surface area contributed by atoms with Gasteiger partial charge < -0.3 is 0 Å². The van der Waals surface area contributed by atoms with Crippen LogP contribution in [0.4, 0.5) is 0 Å². The quantitative estimate of drug-likeness (QED) is 0.622. The van der Waals surface area contributed by atoms with E-state index in [1.165, 1.54) is 10.8 Å². The van der Waals surface area contributed by atoms with Gasteiger partial charge in [0.05, 0.1) is 15.7 Å². The summed E-state index contributed by atoms with van der Waals surface area (Å²) in [6, 6.07) is 18.7. The van der Waals surface area contributed by atoms with Crippen LogP contribution in [0.2, 0.25) is 0 Å². The largest absolute Gasteiger partial charge is 0.254 e. The minimum absolute atomic E-state index is 0.745. The van der Waals surface area contributed by atoms with E-state index in [1.54, 1.807) is 0 Å². The number of benzene rings is 3. The highest BCUT2D eigenvalue weighted by molar-refractivity contribution is 7.85. The highest BCUT2D eigenvalue weighted by atomic mass is 32.2. The summed E-state index contributed by atoms with van der Waals surface area (Å²) in [4.78, 5) is 1.01. The summed E-state index contributed by atoms with van der Waals surface area (Å²) in [6.45, 7) is 2.14. The molecular formula is C18H18OS. The van der Waals surface area contributed by atoms with E-state index < -0.39 is 10.8 Å². The van der Waals surface area contributed by atoms with Gasteiger partial charge in [-0.25, -0.2) is 0 Å². The molecule has 1 atom stereocenters. The number of hydrogen-bond acceptors (Lipinski definition) is 1. The second-order valence-corrected chi connectivity index (χ2v) is 6.56. The zero-order valence-corrected chi connectivity index (χ0v) is 12.5. The monoisotopic (exact) mass is 282 g/mol. The summed E-state index contributed by atoms with van der Waals surface area (Å²) in [6.07, 6.45) is 2.08. The van der Waals surface area contributed by atoms with Crippen molar-refractivity contribution in [2.45, 2.75) is 24.7 Å². The fraction of sp³-hybridized carbons (Fsp3) is 0.222. The van der Waals surface area contributed by atoms with Crippen LogP contribution >= 0.6 is 0 Å². The Labute approximate surface area is 122 Å². The third kappa shape index (κ3) is 2.36. The molecule has 3 rings (SSSR count). The molecule has 3 aromatic carbocycles. The molecule has 0 aliphatic heterocycles. The van der Waals surface area contributed by atoms with Crippen molar-refractivity contribution in [1.82, 2.24) is 0 Å². The minimum atomic E-state index is -0.932. The maximum absolute atomic E-state index is 12.7. The van der Waals surface area contributed by atoms with Gasteiger partial charge in [-0.3, -0.25) is 4.21 Å². The molecule has 1 nitrogen and oxygen atoms in total. The first-order valence-electron chi connectivity index (χ1n) is 7.10. The molecule has 0 radical (unpaired) electrons. The van der Waals surface area contributed by atoms with Crippen molar-refractivity contribution in [2.75, 3.05) is 5.75 Å². The summed E-state index contributed by atoms with van der Waals surface area (Å²) in [7, 11) is -0.932. The first-order valence-corrected chi connectivity index (χ1v) is 8.42. The Morgan fingerprint density at radius 2 is 1.45 bits per heavy atom. The lowest BCUT2D eigenvalue weighted by Crippen LogP contribution is -2.00. The van der Waals surface area contributed by atoms with Gasteiger partial charge in [0.25, 0.3) is 0 Å². The van der Waals surface area contributed by atoms with Gasteiger partial charge in [-0.05, 0) is 34.0 Å². The summed E-state index contributed by atoms with van der Waals surface area (Å²) in [5.41, 5.74) is 0. The molecule has 0 aliphatic carbocycles. The molecule has 20 heavy (non-hydrogen) atoms. The lowest BCUT2D eigenvalue weighted by atomic mass is 10.0. The van der Waals surface area contributed by atoms with E-state index in [2.05, 4.69) is 37.3 Å². The van der Waals surface area contributed by atoms with E-state index in [1.807, 2.05) is 24.3 Å². The van der Waals surface area contributed by atoms with Crippen molar-refractivity contribution in [3.63, 3.8) is 0 Å². The van der Waals surface area contributed by atoms with Crippen molar-refractivity contribution in [2.24, 2.45) is 0 Å². The second-order valence-electron chi connectivity index (χ2n) is 5.05. The van der Waals surface area contributed by atoms with Crippen LogP contribution in [0.25, 0.3) is 21.5 Å². The Kier molecular flexibility index (Phi) is 3.83. The predicted molar refractivity (Wildman–Crippen MR) is 87.6 cm³/mol. The van der Waals surface area contributed by atoms with Crippen LogP contribution in [0.3, 0.4) is 0 Å². The van der Waals surface area contributed by atoms with Crippen LogP contribution < -0.4 is 0 Å². The first-order chi connectivity index (χ1) is 9.81. The minimum Gasteiger partial charge on any atom is -0.254 e. The SMILES string of the molecule is CCCCS(=O)c1c2ccccc2cc2ccccc12. The number of unbranched alkanes of at least 4 members (excludes halogenated alkanes) is 1. The van der Waals surface area contributed by atoms with E-state index in [0.29, 0.717) is 0 Å². The van der Waals surface area contributed by atoms with Crippen LogP contribution in [0.1, 0.15) is 19.8 Å². The van der Waals surface area contributed by atoms with Gasteiger partial charge in [0.2, 0.25) is 0 Å². The van der Waals surface area contributed by atoms with Crippen LogP contribution in [-0.4, -0.2) is 9.96 Å². The average Bonchev–Trinajstić information content (AvgIpc) is 2.50. The third-order valence-corrected chi connectivity index (χ3v) is 5.19. The highest BCUT2D eigenvalue weighted by Gasteiger charge is 2.12. The summed E-state index contributed by atoms with van der Waals surface area (Å²) in [5.74, 6) is 0.745. The topological polar surface area (TPSA) is 17.1 Å². The molecule has 1 unspecified atom stereocenters. The van der Waals surface area contributed by atoms with Crippen molar-refractivity contribution in [3.8, 4) is 0 Å². The Morgan fingerprint density at radius 1 is 0.900 bits per heavy atom. The van der Waals surface area contributed by atoms with Gasteiger partial charge in [-0.15, -0.1) is 0 Å². The van der Waals surface area contributed by atoms with Crippen LogP contribution in [-0.2, 0) is 10.8 Å².